The highest BCUT2D eigenvalue weighted by atomic mass is 16.2. The lowest BCUT2D eigenvalue weighted by molar-refractivity contribution is 0.474. The van der Waals surface area contributed by atoms with E-state index >= 15 is 0 Å². The molecule has 1 nitrogen and oxygen atoms in total. The molecule has 0 heterocycles. The molecule has 0 amide bonds. The molecule has 0 aliphatic rings. The molecule has 0 aliphatic heterocycles. The summed E-state index contributed by atoms with van der Waals surface area (Å²) < 4.78 is 0. The van der Waals surface area contributed by atoms with E-state index in [1.54, 1.807) is 0 Å². The fraction of sp³-hybridized carbons (Fsp3) is 0. The lowest BCUT2D eigenvalue weighted by atomic mass is 10.6. The second-order valence-electron chi connectivity index (χ2n) is 0.577. The lowest BCUT2D eigenvalue weighted by Crippen LogP contribution is -1.40. The molecule has 0 saturated heterocycles. The number of rotatable bonds is 1. The second-order valence-corrected chi connectivity index (χ2v) is 0.577. The standard InChI is InChI=1S/C4H6O/c1-2-3-4-5/h2-5H,1H2/b4-3-. The third-order valence-electron chi connectivity index (χ3n) is 0.222. The Morgan fingerprint density at radius 3 is 2.20 bits per heavy atom. The Morgan fingerprint density at radius 2 is 2.20 bits per heavy atom. The van der Waals surface area contributed by atoms with Gasteiger partial charge in [0.2, 0.25) is 0 Å². The summed E-state index contributed by atoms with van der Waals surface area (Å²) in [6.07, 6.45) is 3.88. The van der Waals surface area contributed by atoms with Gasteiger partial charge in [-0.15, -0.1) is 0 Å². The second kappa shape index (κ2) is 3.28. The van der Waals surface area contributed by atoms with Gasteiger partial charge in [-0.1, -0.05) is 12.7 Å². The summed E-state index contributed by atoms with van der Waals surface area (Å²) in [5.41, 5.74) is 0. The first-order valence-electron chi connectivity index (χ1n) is 1.33. The van der Waals surface area contributed by atoms with E-state index in [9.17, 15) is 0 Å². The Morgan fingerprint density at radius 1 is 1.60 bits per heavy atom. The molecule has 28 valence electrons. The van der Waals surface area contributed by atoms with Gasteiger partial charge in [0.05, 0.1) is 6.26 Å². The Balaban J connectivity index is 2.92. The number of allylic oxidation sites excluding steroid dienone is 2. The third kappa shape index (κ3) is 3.28. The van der Waals surface area contributed by atoms with Crippen molar-refractivity contribution in [1.82, 2.24) is 0 Å². The van der Waals surface area contributed by atoms with Gasteiger partial charge in [0.15, 0.2) is 0 Å². The predicted molar refractivity (Wildman–Crippen MR) is 22.0 cm³/mol. The Labute approximate surface area is 31.2 Å². The van der Waals surface area contributed by atoms with Gasteiger partial charge in [-0.25, -0.2) is 0 Å². The molecule has 5 heavy (non-hydrogen) atoms. The highest BCUT2D eigenvalue weighted by Crippen LogP contribution is 1.61. The van der Waals surface area contributed by atoms with E-state index in [4.69, 9.17) is 5.11 Å². The van der Waals surface area contributed by atoms with E-state index in [0.29, 0.717) is 0 Å². The minimum atomic E-state index is 0.938. The van der Waals surface area contributed by atoms with Crippen LogP contribution in [0.3, 0.4) is 0 Å². The van der Waals surface area contributed by atoms with Crippen LogP contribution >= 0.6 is 0 Å². The minimum Gasteiger partial charge on any atom is -0.516 e. The van der Waals surface area contributed by atoms with Crippen molar-refractivity contribution in [1.29, 1.82) is 0 Å². The first-order valence-corrected chi connectivity index (χ1v) is 1.33. The van der Waals surface area contributed by atoms with E-state index in [0.717, 1.165) is 6.26 Å². The van der Waals surface area contributed by atoms with Gasteiger partial charge < -0.3 is 5.11 Å². The Kier molecular flexibility index (Phi) is 2.81. The van der Waals surface area contributed by atoms with E-state index < -0.39 is 0 Å². The molecule has 0 aromatic heterocycles. The van der Waals surface area contributed by atoms with E-state index in [-0.39, 0.29) is 0 Å². The summed E-state index contributed by atoms with van der Waals surface area (Å²) >= 11 is 0. The third-order valence-corrected chi connectivity index (χ3v) is 0.222. The average molecular weight is 70.1 g/mol. The largest absolute Gasteiger partial charge is 0.516 e. The molecule has 0 bridgehead atoms. The van der Waals surface area contributed by atoms with Gasteiger partial charge in [-0.05, 0) is 6.08 Å². The normalized spacial score (nSPS) is 8.80. The molecule has 0 unspecified atom stereocenters. The molecule has 1 N–H and O–H groups in total. The van der Waals surface area contributed by atoms with Crippen molar-refractivity contribution in [2.45, 2.75) is 0 Å². The van der Waals surface area contributed by atoms with Crippen molar-refractivity contribution in [3.63, 3.8) is 0 Å². The summed E-state index contributed by atoms with van der Waals surface area (Å²) in [6, 6.07) is 0. The van der Waals surface area contributed by atoms with Gasteiger partial charge in [0.1, 0.15) is 0 Å². The average Bonchev–Trinajstić information content (AvgIpc) is 1.41. The molecule has 0 fully saturated rings. The molecule has 0 aliphatic carbocycles. The number of aliphatic hydroxyl groups excluding tert-OH is 1. The number of hydrogen-bond donors (Lipinski definition) is 1. The molecular formula is C4H6O. The van der Waals surface area contributed by atoms with Gasteiger partial charge in [0, 0.05) is 0 Å². The Hall–Kier alpha value is -0.720. The highest BCUT2D eigenvalue weighted by Gasteiger charge is 1.43. The summed E-state index contributed by atoms with van der Waals surface area (Å²) in [4.78, 5) is 0. The molecule has 0 spiro atoms. The molecule has 0 saturated carbocycles. The topological polar surface area (TPSA) is 20.2 Å². The summed E-state index contributed by atoms with van der Waals surface area (Å²) in [5.74, 6) is 0. The Bertz CT molecular complexity index is 45.6. The summed E-state index contributed by atoms with van der Waals surface area (Å²) in [7, 11) is 0. The van der Waals surface area contributed by atoms with Gasteiger partial charge in [-0.3, -0.25) is 0 Å². The van der Waals surface area contributed by atoms with E-state index in [2.05, 4.69) is 6.58 Å². The number of aliphatic hydroxyl groups is 1. The van der Waals surface area contributed by atoms with Crippen molar-refractivity contribution < 1.29 is 5.11 Å². The molecule has 0 aromatic carbocycles. The molecule has 0 atom stereocenters. The van der Waals surface area contributed by atoms with Crippen LogP contribution in [0.15, 0.2) is 25.0 Å². The van der Waals surface area contributed by atoms with E-state index in [1.165, 1.54) is 12.2 Å². The molecule has 0 aromatic rings. The van der Waals surface area contributed by atoms with E-state index in [1.807, 2.05) is 0 Å². The number of hydrogen-bond acceptors (Lipinski definition) is 1. The molecular weight excluding hydrogens is 64.0 g/mol. The van der Waals surface area contributed by atoms with Gasteiger partial charge >= 0.3 is 0 Å². The van der Waals surface area contributed by atoms with Gasteiger partial charge in [-0.2, -0.15) is 0 Å². The first kappa shape index (κ1) is 4.28. The first-order chi connectivity index (χ1) is 2.41. The van der Waals surface area contributed by atoms with Gasteiger partial charge in [0.25, 0.3) is 0 Å². The van der Waals surface area contributed by atoms with Crippen molar-refractivity contribution in [2.75, 3.05) is 0 Å². The SMILES string of the molecule is C=C/C=C\O. The zero-order valence-corrected chi connectivity index (χ0v) is 2.89. The summed E-state index contributed by atoms with van der Waals surface area (Å²) in [5, 5.41) is 7.81. The van der Waals surface area contributed by atoms with Crippen LogP contribution in [0.4, 0.5) is 0 Å². The van der Waals surface area contributed by atoms with Crippen LogP contribution in [-0.4, -0.2) is 5.11 Å². The van der Waals surface area contributed by atoms with Crippen LogP contribution in [0.2, 0.25) is 0 Å². The van der Waals surface area contributed by atoms with Crippen LogP contribution in [-0.2, 0) is 0 Å². The van der Waals surface area contributed by atoms with Crippen LogP contribution in [0.25, 0.3) is 0 Å². The summed E-state index contributed by atoms with van der Waals surface area (Å²) in [6.45, 7) is 3.30. The van der Waals surface area contributed by atoms with Crippen LogP contribution in [0, 0.1) is 0 Å². The predicted octanol–water partition coefficient (Wildman–Crippen LogP) is 1.24. The maximum Gasteiger partial charge on any atom is 0.0791 e. The zero-order chi connectivity index (χ0) is 4.12. The molecule has 0 radical (unpaired) electrons. The van der Waals surface area contributed by atoms with Crippen LogP contribution in [0.5, 0.6) is 0 Å². The van der Waals surface area contributed by atoms with Crippen LogP contribution < -0.4 is 0 Å². The van der Waals surface area contributed by atoms with Crippen molar-refractivity contribution >= 4 is 0 Å². The minimum absolute atomic E-state index is 0.938. The maximum atomic E-state index is 7.81. The monoisotopic (exact) mass is 70.0 g/mol. The highest BCUT2D eigenvalue weighted by molar-refractivity contribution is 4.91. The zero-order valence-electron chi connectivity index (χ0n) is 2.89. The quantitative estimate of drug-likeness (QED) is 0.363. The molecule has 0 rings (SSSR count). The lowest BCUT2D eigenvalue weighted by Gasteiger charge is -1.58. The van der Waals surface area contributed by atoms with Crippen molar-refractivity contribution in [3.05, 3.63) is 25.0 Å². The fourth-order valence-electron chi connectivity index (χ4n) is 0.0609. The van der Waals surface area contributed by atoms with Crippen molar-refractivity contribution in [3.8, 4) is 0 Å². The maximum absolute atomic E-state index is 7.81. The fourth-order valence-corrected chi connectivity index (χ4v) is 0.0609. The van der Waals surface area contributed by atoms with Crippen LogP contribution in [0.1, 0.15) is 0 Å². The molecule has 1 heteroatoms. The smallest absolute Gasteiger partial charge is 0.0791 e. The van der Waals surface area contributed by atoms with Crippen molar-refractivity contribution in [2.24, 2.45) is 0 Å².